The molecule has 0 radical (unpaired) electrons. The molecule has 4 heteroatoms. The number of benzene rings is 1. The summed E-state index contributed by atoms with van der Waals surface area (Å²) in [6.45, 7) is 3.02. The molecule has 4 nitrogen and oxygen atoms in total. The van der Waals surface area contributed by atoms with E-state index in [1.807, 2.05) is 35.1 Å². The summed E-state index contributed by atoms with van der Waals surface area (Å²) in [5.41, 5.74) is 3.17. The Hall–Kier alpha value is -1.68. The summed E-state index contributed by atoms with van der Waals surface area (Å²) in [5.74, 6) is 0. The molecule has 0 spiro atoms. The van der Waals surface area contributed by atoms with Crippen molar-refractivity contribution in [1.82, 2.24) is 15.0 Å². The van der Waals surface area contributed by atoms with Crippen molar-refractivity contribution in [2.24, 2.45) is 0 Å². The number of unbranched alkanes of at least 4 members (excludes halogenated alkanes) is 2. The van der Waals surface area contributed by atoms with Crippen LogP contribution in [0.1, 0.15) is 43.0 Å². The Morgan fingerprint density at radius 3 is 2.53 bits per heavy atom. The minimum Gasteiger partial charge on any atom is -0.392 e. The molecule has 1 aromatic carbocycles. The van der Waals surface area contributed by atoms with Gasteiger partial charge in [0.25, 0.3) is 0 Å². The van der Waals surface area contributed by atoms with Crippen molar-refractivity contribution >= 4 is 0 Å². The predicted molar refractivity (Wildman–Crippen MR) is 74.7 cm³/mol. The molecular weight excluding hydrogens is 238 g/mol. The summed E-state index contributed by atoms with van der Waals surface area (Å²) in [5, 5.41) is 17.3. The van der Waals surface area contributed by atoms with Gasteiger partial charge in [-0.3, -0.25) is 0 Å². The zero-order chi connectivity index (χ0) is 13.5. The third kappa shape index (κ3) is 4.17. The van der Waals surface area contributed by atoms with E-state index in [2.05, 4.69) is 17.2 Å². The van der Waals surface area contributed by atoms with Crippen LogP contribution in [0.3, 0.4) is 0 Å². The molecule has 0 fully saturated rings. The van der Waals surface area contributed by atoms with Crippen molar-refractivity contribution in [3.05, 3.63) is 47.3 Å². The first kappa shape index (κ1) is 13.7. The van der Waals surface area contributed by atoms with E-state index >= 15 is 0 Å². The molecule has 0 amide bonds. The van der Waals surface area contributed by atoms with Crippen LogP contribution in [0.2, 0.25) is 0 Å². The minimum atomic E-state index is 0.0885. The zero-order valence-electron chi connectivity index (χ0n) is 11.4. The predicted octanol–water partition coefficient (Wildman–Crippen LogP) is 2.55. The van der Waals surface area contributed by atoms with Crippen LogP contribution in [0, 0.1) is 0 Å². The van der Waals surface area contributed by atoms with E-state index in [0.29, 0.717) is 0 Å². The summed E-state index contributed by atoms with van der Waals surface area (Å²) in [6, 6.07) is 7.91. The van der Waals surface area contributed by atoms with Crippen LogP contribution < -0.4 is 0 Å². The summed E-state index contributed by atoms with van der Waals surface area (Å²) < 4.78 is 1.87. The molecule has 1 N–H and O–H groups in total. The quantitative estimate of drug-likeness (QED) is 0.777. The van der Waals surface area contributed by atoms with Crippen molar-refractivity contribution in [2.45, 2.75) is 45.8 Å². The first-order valence-corrected chi connectivity index (χ1v) is 6.89. The summed E-state index contributed by atoms with van der Waals surface area (Å²) >= 11 is 0. The Labute approximate surface area is 114 Å². The van der Waals surface area contributed by atoms with Crippen molar-refractivity contribution in [3.8, 4) is 0 Å². The van der Waals surface area contributed by atoms with Gasteiger partial charge in [0.15, 0.2) is 0 Å². The van der Waals surface area contributed by atoms with E-state index in [1.165, 1.54) is 24.8 Å². The Balaban J connectivity index is 1.91. The number of aryl methyl sites for hydroxylation is 1. The van der Waals surface area contributed by atoms with E-state index in [9.17, 15) is 0 Å². The standard InChI is InChI=1S/C15H21N3O/c1-2-3-4-5-15-11-18(17-16-15)10-13-6-8-14(12-19)9-7-13/h6-9,11,19H,2-5,10,12H2,1H3. The second-order valence-corrected chi connectivity index (χ2v) is 4.84. The summed E-state index contributed by atoms with van der Waals surface area (Å²) in [6.07, 6.45) is 6.69. The van der Waals surface area contributed by atoms with Gasteiger partial charge in [-0.25, -0.2) is 4.68 Å². The largest absolute Gasteiger partial charge is 0.392 e. The van der Waals surface area contributed by atoms with Crippen LogP contribution in [0.5, 0.6) is 0 Å². The smallest absolute Gasteiger partial charge is 0.0827 e. The highest BCUT2D eigenvalue weighted by molar-refractivity contribution is 5.22. The molecule has 0 atom stereocenters. The maximum absolute atomic E-state index is 9.00. The number of hydrogen-bond donors (Lipinski definition) is 1. The number of aromatic nitrogens is 3. The fourth-order valence-corrected chi connectivity index (χ4v) is 2.02. The molecule has 2 aromatic rings. The molecule has 0 aliphatic carbocycles. The summed E-state index contributed by atoms with van der Waals surface area (Å²) in [7, 11) is 0. The molecule has 2 rings (SSSR count). The lowest BCUT2D eigenvalue weighted by Gasteiger charge is -2.02. The second-order valence-electron chi connectivity index (χ2n) is 4.84. The van der Waals surface area contributed by atoms with Gasteiger partial charge < -0.3 is 5.11 Å². The van der Waals surface area contributed by atoms with E-state index in [-0.39, 0.29) is 6.61 Å². The number of hydrogen-bond acceptors (Lipinski definition) is 3. The Kier molecular flexibility index (Phi) is 5.10. The average Bonchev–Trinajstić information content (AvgIpc) is 2.88. The van der Waals surface area contributed by atoms with Crippen LogP contribution in [-0.2, 0) is 19.6 Å². The molecular formula is C15H21N3O. The highest BCUT2D eigenvalue weighted by Gasteiger charge is 2.01. The normalized spacial score (nSPS) is 10.8. The SMILES string of the molecule is CCCCCc1cn(Cc2ccc(CO)cc2)nn1. The van der Waals surface area contributed by atoms with Gasteiger partial charge in [-0.05, 0) is 24.0 Å². The van der Waals surface area contributed by atoms with Crippen molar-refractivity contribution in [2.75, 3.05) is 0 Å². The average molecular weight is 259 g/mol. The van der Waals surface area contributed by atoms with Gasteiger partial charge >= 0.3 is 0 Å². The van der Waals surface area contributed by atoms with Gasteiger partial charge in [-0.15, -0.1) is 5.10 Å². The highest BCUT2D eigenvalue weighted by Crippen LogP contribution is 2.07. The Morgan fingerprint density at radius 1 is 1.11 bits per heavy atom. The van der Waals surface area contributed by atoms with Crippen LogP contribution >= 0.6 is 0 Å². The van der Waals surface area contributed by atoms with Crippen molar-refractivity contribution < 1.29 is 5.11 Å². The lowest BCUT2D eigenvalue weighted by atomic mass is 10.1. The third-order valence-corrected chi connectivity index (χ3v) is 3.17. The minimum absolute atomic E-state index is 0.0885. The van der Waals surface area contributed by atoms with Crippen molar-refractivity contribution in [1.29, 1.82) is 0 Å². The Bertz CT molecular complexity index is 490. The van der Waals surface area contributed by atoms with Crippen LogP contribution in [-0.4, -0.2) is 20.1 Å². The van der Waals surface area contributed by atoms with Gasteiger partial charge in [0.2, 0.25) is 0 Å². The lowest BCUT2D eigenvalue weighted by Crippen LogP contribution is -2.00. The molecule has 1 heterocycles. The van der Waals surface area contributed by atoms with Gasteiger partial charge in [0, 0.05) is 6.20 Å². The zero-order valence-corrected chi connectivity index (χ0v) is 11.4. The molecule has 1 aromatic heterocycles. The molecule has 102 valence electrons. The number of aliphatic hydroxyl groups excluding tert-OH is 1. The summed E-state index contributed by atoms with van der Waals surface area (Å²) in [4.78, 5) is 0. The molecule has 0 unspecified atom stereocenters. The molecule has 0 bridgehead atoms. The van der Waals surface area contributed by atoms with Gasteiger partial charge in [-0.2, -0.15) is 0 Å². The Morgan fingerprint density at radius 2 is 1.84 bits per heavy atom. The van der Waals surface area contributed by atoms with E-state index in [4.69, 9.17) is 5.11 Å². The number of aliphatic hydroxyl groups is 1. The molecule has 0 saturated heterocycles. The van der Waals surface area contributed by atoms with Gasteiger partial charge in [-0.1, -0.05) is 49.2 Å². The van der Waals surface area contributed by atoms with Crippen LogP contribution in [0.25, 0.3) is 0 Å². The molecule has 19 heavy (non-hydrogen) atoms. The fraction of sp³-hybridized carbons (Fsp3) is 0.467. The highest BCUT2D eigenvalue weighted by atomic mass is 16.3. The lowest BCUT2D eigenvalue weighted by molar-refractivity contribution is 0.282. The maximum Gasteiger partial charge on any atom is 0.0827 e. The molecule has 0 saturated carbocycles. The van der Waals surface area contributed by atoms with Crippen molar-refractivity contribution in [3.63, 3.8) is 0 Å². The monoisotopic (exact) mass is 259 g/mol. The second kappa shape index (κ2) is 7.04. The maximum atomic E-state index is 9.00. The van der Waals surface area contributed by atoms with Gasteiger partial charge in [0.05, 0.1) is 18.8 Å². The molecule has 0 aliphatic rings. The molecule has 0 aliphatic heterocycles. The third-order valence-electron chi connectivity index (χ3n) is 3.17. The van der Waals surface area contributed by atoms with E-state index in [0.717, 1.165) is 24.2 Å². The van der Waals surface area contributed by atoms with Crippen LogP contribution in [0.4, 0.5) is 0 Å². The number of nitrogens with zero attached hydrogens (tertiary/aromatic N) is 3. The topological polar surface area (TPSA) is 50.9 Å². The van der Waals surface area contributed by atoms with E-state index < -0.39 is 0 Å². The van der Waals surface area contributed by atoms with Crippen LogP contribution in [0.15, 0.2) is 30.5 Å². The van der Waals surface area contributed by atoms with Gasteiger partial charge in [0.1, 0.15) is 0 Å². The van der Waals surface area contributed by atoms with E-state index in [1.54, 1.807) is 0 Å². The number of rotatable bonds is 7. The first-order valence-electron chi connectivity index (χ1n) is 6.89. The first-order chi connectivity index (χ1) is 9.31. The fourth-order valence-electron chi connectivity index (χ4n) is 2.02.